The molecule has 152 valence electrons. The number of nitrogens with zero attached hydrogens (tertiary/aromatic N) is 2. The molecular formula is C20H18Br2N2O5. The number of ether oxygens (including phenoxy) is 3. The molecule has 0 aromatic heterocycles. The molecule has 1 saturated heterocycles. The number of morpholine rings is 1. The smallest absolute Gasteiger partial charge is 0.269 e. The summed E-state index contributed by atoms with van der Waals surface area (Å²) in [6, 6.07) is 10.1. The van der Waals surface area contributed by atoms with Crippen molar-refractivity contribution in [2.75, 3.05) is 32.9 Å². The molecule has 1 atom stereocenters. The molecule has 1 fully saturated rings. The molecule has 4 rings (SSSR count). The first-order valence-electron chi connectivity index (χ1n) is 9.09. The van der Waals surface area contributed by atoms with Gasteiger partial charge >= 0.3 is 0 Å². The minimum Gasteiger partial charge on any atom is -0.489 e. The molecule has 9 heteroatoms. The third-order valence-electron chi connectivity index (χ3n) is 4.81. The largest absolute Gasteiger partial charge is 0.489 e. The monoisotopic (exact) mass is 524 g/mol. The van der Waals surface area contributed by atoms with Crippen LogP contribution in [0, 0.1) is 10.1 Å². The fourth-order valence-electron chi connectivity index (χ4n) is 3.47. The SMILES string of the molecule is O=[N+]([O-])c1ccc(OC/C=C2\Oc3c(Br)cc(Br)cc3[C@@H]2N2CCOCC2)cc1. The van der Waals surface area contributed by atoms with E-state index in [0.29, 0.717) is 25.6 Å². The molecule has 0 N–H and O–H groups in total. The first-order chi connectivity index (χ1) is 14.0. The Bertz CT molecular complexity index is 943. The van der Waals surface area contributed by atoms with E-state index in [9.17, 15) is 10.1 Å². The van der Waals surface area contributed by atoms with E-state index < -0.39 is 4.92 Å². The fourth-order valence-corrected chi connectivity index (χ4v) is 4.81. The van der Waals surface area contributed by atoms with Crippen LogP contribution in [0.4, 0.5) is 5.69 Å². The van der Waals surface area contributed by atoms with Gasteiger partial charge in [-0.2, -0.15) is 0 Å². The van der Waals surface area contributed by atoms with Gasteiger partial charge in [-0.05, 0) is 46.3 Å². The van der Waals surface area contributed by atoms with Crippen LogP contribution in [0.5, 0.6) is 11.5 Å². The van der Waals surface area contributed by atoms with Gasteiger partial charge in [0.05, 0.1) is 28.7 Å². The van der Waals surface area contributed by atoms with Crippen LogP contribution < -0.4 is 9.47 Å². The summed E-state index contributed by atoms with van der Waals surface area (Å²) in [4.78, 5) is 12.7. The van der Waals surface area contributed by atoms with E-state index in [4.69, 9.17) is 14.2 Å². The van der Waals surface area contributed by atoms with Crippen molar-refractivity contribution < 1.29 is 19.1 Å². The maximum absolute atomic E-state index is 10.8. The summed E-state index contributed by atoms with van der Waals surface area (Å²) in [5.74, 6) is 2.18. The van der Waals surface area contributed by atoms with Gasteiger partial charge in [0.15, 0.2) is 0 Å². The second-order valence-electron chi connectivity index (χ2n) is 6.63. The van der Waals surface area contributed by atoms with Crippen LogP contribution in [0.2, 0.25) is 0 Å². The molecule has 2 aliphatic rings. The van der Waals surface area contributed by atoms with Crippen LogP contribution in [0.3, 0.4) is 0 Å². The van der Waals surface area contributed by atoms with Gasteiger partial charge < -0.3 is 14.2 Å². The Morgan fingerprint density at radius 2 is 1.93 bits per heavy atom. The number of benzene rings is 2. The predicted molar refractivity (Wildman–Crippen MR) is 114 cm³/mol. The Kier molecular flexibility index (Phi) is 6.19. The van der Waals surface area contributed by atoms with Crippen molar-refractivity contribution in [1.29, 1.82) is 0 Å². The van der Waals surface area contributed by atoms with E-state index in [0.717, 1.165) is 39.1 Å². The van der Waals surface area contributed by atoms with Gasteiger partial charge in [0.1, 0.15) is 23.9 Å². The first kappa shape index (κ1) is 20.3. The van der Waals surface area contributed by atoms with Crippen molar-refractivity contribution in [2.24, 2.45) is 0 Å². The molecule has 0 saturated carbocycles. The summed E-state index contributed by atoms with van der Waals surface area (Å²) < 4.78 is 19.3. The van der Waals surface area contributed by atoms with Crippen LogP contribution in [0.1, 0.15) is 11.6 Å². The number of non-ortho nitro benzene ring substituents is 1. The fraction of sp³-hybridized carbons (Fsp3) is 0.300. The zero-order chi connectivity index (χ0) is 20.4. The molecule has 29 heavy (non-hydrogen) atoms. The Morgan fingerprint density at radius 1 is 1.21 bits per heavy atom. The maximum Gasteiger partial charge on any atom is 0.269 e. The number of rotatable bonds is 5. The lowest BCUT2D eigenvalue weighted by atomic mass is 10.0. The third kappa shape index (κ3) is 4.48. The standard InChI is InChI=1S/C20H18Br2N2O5/c21-13-11-16-19(23-6-9-27-10-7-23)18(29-20(16)17(22)12-13)5-8-28-15-3-1-14(2-4-15)24(25)26/h1-5,11-12,19H,6-10H2/b18-5-/t19-/m0/s1. The zero-order valence-electron chi connectivity index (χ0n) is 15.3. The molecule has 0 aliphatic carbocycles. The number of nitro groups is 1. The summed E-state index contributed by atoms with van der Waals surface area (Å²) in [7, 11) is 0. The van der Waals surface area contributed by atoms with Gasteiger partial charge in [-0.3, -0.25) is 15.0 Å². The van der Waals surface area contributed by atoms with Crippen molar-refractivity contribution >= 4 is 37.5 Å². The van der Waals surface area contributed by atoms with Gasteiger partial charge in [0, 0.05) is 35.3 Å². The van der Waals surface area contributed by atoms with E-state index in [-0.39, 0.29) is 11.7 Å². The van der Waals surface area contributed by atoms with Gasteiger partial charge in [0.25, 0.3) is 5.69 Å². The number of hydrogen-bond donors (Lipinski definition) is 0. The number of nitro benzene ring substituents is 1. The van der Waals surface area contributed by atoms with Gasteiger partial charge in [-0.15, -0.1) is 0 Å². The van der Waals surface area contributed by atoms with Crippen LogP contribution >= 0.6 is 31.9 Å². The van der Waals surface area contributed by atoms with Gasteiger partial charge in [-0.1, -0.05) is 15.9 Å². The Morgan fingerprint density at radius 3 is 2.62 bits per heavy atom. The minimum absolute atomic E-state index is 0.0110. The quantitative estimate of drug-likeness (QED) is 0.410. The molecular weight excluding hydrogens is 508 g/mol. The molecule has 2 heterocycles. The van der Waals surface area contributed by atoms with Crippen LogP contribution in [0.25, 0.3) is 0 Å². The van der Waals surface area contributed by atoms with Crippen molar-refractivity contribution in [3.8, 4) is 11.5 Å². The van der Waals surface area contributed by atoms with Crippen molar-refractivity contribution in [3.05, 3.63) is 72.9 Å². The first-order valence-corrected chi connectivity index (χ1v) is 10.7. The van der Waals surface area contributed by atoms with Crippen LogP contribution in [-0.2, 0) is 4.74 Å². The van der Waals surface area contributed by atoms with Gasteiger partial charge in [0.2, 0.25) is 0 Å². The number of hydrogen-bond acceptors (Lipinski definition) is 6. The molecule has 2 aliphatic heterocycles. The van der Waals surface area contributed by atoms with E-state index >= 15 is 0 Å². The van der Waals surface area contributed by atoms with Crippen molar-refractivity contribution in [1.82, 2.24) is 4.90 Å². The molecule has 2 aromatic carbocycles. The van der Waals surface area contributed by atoms with Crippen molar-refractivity contribution in [2.45, 2.75) is 6.04 Å². The van der Waals surface area contributed by atoms with E-state index in [1.54, 1.807) is 12.1 Å². The highest BCUT2D eigenvalue weighted by molar-refractivity contribution is 9.11. The summed E-state index contributed by atoms with van der Waals surface area (Å²) in [6.45, 7) is 3.30. The second-order valence-corrected chi connectivity index (χ2v) is 8.40. The third-order valence-corrected chi connectivity index (χ3v) is 5.86. The summed E-state index contributed by atoms with van der Waals surface area (Å²) in [6.07, 6.45) is 1.92. The average Bonchev–Trinajstić information content (AvgIpc) is 3.07. The van der Waals surface area contributed by atoms with Gasteiger partial charge in [-0.25, -0.2) is 0 Å². The molecule has 0 bridgehead atoms. The lowest BCUT2D eigenvalue weighted by Gasteiger charge is -2.32. The highest BCUT2D eigenvalue weighted by Gasteiger charge is 2.36. The topological polar surface area (TPSA) is 74.1 Å². The summed E-state index contributed by atoms with van der Waals surface area (Å²) in [5, 5.41) is 10.8. The van der Waals surface area contributed by atoms with E-state index in [2.05, 4.69) is 42.8 Å². The van der Waals surface area contributed by atoms with Crippen molar-refractivity contribution in [3.63, 3.8) is 0 Å². The lowest BCUT2D eigenvalue weighted by molar-refractivity contribution is -0.384. The highest BCUT2D eigenvalue weighted by atomic mass is 79.9. The highest BCUT2D eigenvalue weighted by Crippen LogP contribution is 2.48. The average molecular weight is 526 g/mol. The predicted octanol–water partition coefficient (Wildman–Crippen LogP) is 4.85. The second kappa shape index (κ2) is 8.83. The van der Waals surface area contributed by atoms with Crippen LogP contribution in [-0.4, -0.2) is 42.7 Å². The Balaban J connectivity index is 1.54. The molecule has 0 unspecified atom stereocenters. The molecule has 0 amide bonds. The van der Waals surface area contributed by atoms with E-state index in [1.807, 2.05) is 12.1 Å². The zero-order valence-corrected chi connectivity index (χ0v) is 18.5. The lowest BCUT2D eigenvalue weighted by Crippen LogP contribution is -2.39. The summed E-state index contributed by atoms with van der Waals surface area (Å²) >= 11 is 7.15. The Labute approximate surface area is 184 Å². The normalized spacial score (nSPS) is 20.3. The molecule has 0 radical (unpaired) electrons. The van der Waals surface area contributed by atoms with Crippen LogP contribution in [0.15, 0.2) is 57.2 Å². The Hall–Kier alpha value is -1.94. The molecule has 7 nitrogen and oxygen atoms in total. The summed E-state index contributed by atoms with van der Waals surface area (Å²) in [5.41, 5.74) is 1.13. The minimum atomic E-state index is -0.432. The van der Waals surface area contributed by atoms with E-state index in [1.165, 1.54) is 12.1 Å². The molecule has 0 spiro atoms. The number of fused-ring (bicyclic) bond motifs is 1. The number of halogens is 2. The maximum atomic E-state index is 10.8. The molecule has 2 aromatic rings.